The van der Waals surface area contributed by atoms with Gasteiger partial charge >= 0.3 is 6.03 Å². The van der Waals surface area contributed by atoms with Gasteiger partial charge in [-0.25, -0.2) is 4.79 Å². The molecule has 5 nitrogen and oxygen atoms in total. The fraction of sp³-hybridized carbons (Fsp3) is 0.588. The summed E-state index contributed by atoms with van der Waals surface area (Å²) in [5.41, 5.74) is 0.696. The fourth-order valence-electron chi connectivity index (χ4n) is 2.83. The van der Waals surface area contributed by atoms with Gasteiger partial charge in [-0.3, -0.25) is 0 Å². The summed E-state index contributed by atoms with van der Waals surface area (Å²) in [6.07, 6.45) is 4.57. The lowest BCUT2D eigenvalue weighted by molar-refractivity contribution is 0.162. The van der Waals surface area contributed by atoms with Crippen LogP contribution in [0.15, 0.2) is 24.3 Å². The molecule has 0 spiro atoms. The zero-order valence-corrected chi connectivity index (χ0v) is 13.2. The molecule has 0 aromatic heterocycles. The maximum Gasteiger partial charge on any atom is 0.315 e. The zero-order chi connectivity index (χ0) is 15.8. The Morgan fingerprint density at radius 3 is 2.73 bits per heavy atom. The molecule has 0 atom stereocenters. The highest BCUT2D eigenvalue weighted by Gasteiger charge is 2.34. The first-order valence-corrected chi connectivity index (χ1v) is 8.00. The molecule has 0 bridgehead atoms. The van der Waals surface area contributed by atoms with Crippen molar-refractivity contribution in [3.05, 3.63) is 29.8 Å². The number of aryl methyl sites for hydroxylation is 1. The number of para-hydroxylation sites is 1. The molecule has 0 radical (unpaired) electrons. The first kappa shape index (κ1) is 16.6. The number of benzene rings is 1. The van der Waals surface area contributed by atoms with E-state index in [0.29, 0.717) is 13.2 Å². The predicted molar refractivity (Wildman–Crippen MR) is 86.1 cm³/mol. The van der Waals surface area contributed by atoms with Crippen molar-refractivity contribution in [3.63, 3.8) is 0 Å². The number of hydrogen-bond acceptors (Lipinski definition) is 3. The van der Waals surface area contributed by atoms with Crippen molar-refractivity contribution in [2.24, 2.45) is 0 Å². The summed E-state index contributed by atoms with van der Waals surface area (Å²) < 4.78 is 5.68. The van der Waals surface area contributed by atoms with E-state index in [9.17, 15) is 9.90 Å². The molecule has 1 saturated carbocycles. The van der Waals surface area contributed by atoms with Crippen LogP contribution in [0.1, 0.15) is 37.7 Å². The third-order valence-corrected chi connectivity index (χ3v) is 4.20. The van der Waals surface area contributed by atoms with E-state index in [1.807, 2.05) is 31.2 Å². The number of rotatable bonds is 7. The first-order valence-electron chi connectivity index (χ1n) is 8.00. The van der Waals surface area contributed by atoms with E-state index in [2.05, 4.69) is 10.6 Å². The summed E-state index contributed by atoms with van der Waals surface area (Å²) in [7, 11) is 0. The van der Waals surface area contributed by atoms with E-state index in [4.69, 9.17) is 4.74 Å². The normalized spacial score (nSPS) is 16.3. The number of carbonyl (C=O) groups excluding carboxylic acids is 1. The highest BCUT2D eigenvalue weighted by atomic mass is 16.5. The Morgan fingerprint density at radius 1 is 1.32 bits per heavy atom. The third kappa shape index (κ3) is 4.63. The van der Waals surface area contributed by atoms with Gasteiger partial charge in [-0.2, -0.15) is 0 Å². The average Bonchev–Trinajstić information content (AvgIpc) is 2.97. The largest absolute Gasteiger partial charge is 0.493 e. The van der Waals surface area contributed by atoms with Gasteiger partial charge in [-0.05, 0) is 37.8 Å². The molecule has 5 heteroatoms. The number of amides is 2. The van der Waals surface area contributed by atoms with Crippen LogP contribution in [-0.2, 0) is 0 Å². The third-order valence-electron chi connectivity index (χ3n) is 4.20. The molecule has 0 heterocycles. The molecule has 0 saturated heterocycles. The molecule has 1 fully saturated rings. The lowest BCUT2D eigenvalue weighted by atomic mass is 9.99. The van der Waals surface area contributed by atoms with Crippen molar-refractivity contribution >= 4 is 6.03 Å². The van der Waals surface area contributed by atoms with Crippen LogP contribution in [0.5, 0.6) is 5.75 Å². The second kappa shape index (κ2) is 8.03. The summed E-state index contributed by atoms with van der Waals surface area (Å²) in [6, 6.07) is 7.68. The van der Waals surface area contributed by atoms with Crippen LogP contribution < -0.4 is 15.4 Å². The smallest absolute Gasteiger partial charge is 0.315 e. The van der Waals surface area contributed by atoms with Crippen molar-refractivity contribution in [1.82, 2.24) is 10.6 Å². The summed E-state index contributed by atoms with van der Waals surface area (Å²) in [5.74, 6) is 0.886. The van der Waals surface area contributed by atoms with E-state index in [1.54, 1.807) is 0 Å². The van der Waals surface area contributed by atoms with E-state index < -0.39 is 5.54 Å². The zero-order valence-electron chi connectivity index (χ0n) is 13.2. The lowest BCUT2D eigenvalue weighted by Gasteiger charge is -2.27. The standard InChI is InChI=1S/C17H26N2O3/c1-14-7-2-3-8-15(14)22-12-6-11-18-16(21)19-17(13-20)9-4-5-10-17/h2-3,7-8,20H,4-6,9-13H2,1H3,(H2,18,19,21). The van der Waals surface area contributed by atoms with Gasteiger partial charge in [0.15, 0.2) is 0 Å². The van der Waals surface area contributed by atoms with Crippen LogP contribution in [0.3, 0.4) is 0 Å². The second-order valence-corrected chi connectivity index (χ2v) is 5.99. The molecule has 1 aliphatic carbocycles. The summed E-state index contributed by atoms with van der Waals surface area (Å²) in [4.78, 5) is 11.9. The van der Waals surface area contributed by atoms with Gasteiger partial charge in [0.25, 0.3) is 0 Å². The number of aliphatic hydroxyl groups excluding tert-OH is 1. The first-order chi connectivity index (χ1) is 10.7. The Kier molecular flexibility index (Phi) is 6.07. The SMILES string of the molecule is Cc1ccccc1OCCCNC(=O)NC1(CO)CCCC1. The number of nitrogens with one attached hydrogen (secondary N) is 2. The monoisotopic (exact) mass is 306 g/mol. The summed E-state index contributed by atoms with van der Waals surface area (Å²) in [6.45, 7) is 3.14. The Labute approximate surface area is 132 Å². The minimum Gasteiger partial charge on any atom is -0.493 e. The molecule has 22 heavy (non-hydrogen) atoms. The Bertz CT molecular complexity index is 485. The van der Waals surface area contributed by atoms with Gasteiger partial charge in [0.1, 0.15) is 5.75 Å². The second-order valence-electron chi connectivity index (χ2n) is 5.99. The Balaban J connectivity index is 1.62. The molecular formula is C17H26N2O3. The number of urea groups is 1. The van der Waals surface area contributed by atoms with E-state index in [-0.39, 0.29) is 12.6 Å². The van der Waals surface area contributed by atoms with E-state index >= 15 is 0 Å². The minimum absolute atomic E-state index is 0.0107. The van der Waals surface area contributed by atoms with E-state index in [0.717, 1.165) is 43.4 Å². The van der Waals surface area contributed by atoms with Crippen LogP contribution in [0.2, 0.25) is 0 Å². The molecule has 2 rings (SSSR count). The van der Waals surface area contributed by atoms with Crippen LogP contribution >= 0.6 is 0 Å². The van der Waals surface area contributed by atoms with Gasteiger partial charge < -0.3 is 20.5 Å². The van der Waals surface area contributed by atoms with Crippen molar-refractivity contribution in [2.45, 2.75) is 44.6 Å². The van der Waals surface area contributed by atoms with Gasteiger partial charge in [-0.1, -0.05) is 31.0 Å². The van der Waals surface area contributed by atoms with Crippen LogP contribution in [-0.4, -0.2) is 36.4 Å². The molecule has 0 aliphatic heterocycles. The van der Waals surface area contributed by atoms with Crippen molar-refractivity contribution in [1.29, 1.82) is 0 Å². The minimum atomic E-state index is -0.415. The van der Waals surface area contributed by atoms with Gasteiger partial charge in [-0.15, -0.1) is 0 Å². The molecule has 2 amide bonds. The van der Waals surface area contributed by atoms with Crippen LogP contribution in [0, 0.1) is 6.92 Å². The van der Waals surface area contributed by atoms with Crippen molar-refractivity contribution < 1.29 is 14.6 Å². The molecule has 3 N–H and O–H groups in total. The van der Waals surface area contributed by atoms with Crippen molar-refractivity contribution in [2.75, 3.05) is 19.8 Å². The quantitative estimate of drug-likeness (QED) is 0.677. The van der Waals surface area contributed by atoms with Gasteiger partial charge in [0.05, 0.1) is 18.8 Å². The number of hydrogen-bond donors (Lipinski definition) is 3. The lowest BCUT2D eigenvalue weighted by Crippen LogP contribution is -2.53. The van der Waals surface area contributed by atoms with Crippen LogP contribution in [0.4, 0.5) is 4.79 Å². The topological polar surface area (TPSA) is 70.6 Å². The Hall–Kier alpha value is -1.75. The van der Waals surface area contributed by atoms with Gasteiger partial charge in [0.2, 0.25) is 0 Å². The molecule has 1 aromatic rings. The molecule has 1 aromatic carbocycles. The fourth-order valence-corrected chi connectivity index (χ4v) is 2.83. The van der Waals surface area contributed by atoms with Gasteiger partial charge in [0, 0.05) is 6.54 Å². The summed E-state index contributed by atoms with van der Waals surface area (Å²) in [5, 5.41) is 15.2. The number of carbonyl (C=O) groups is 1. The molecule has 1 aliphatic rings. The number of aliphatic hydroxyl groups is 1. The Morgan fingerprint density at radius 2 is 2.05 bits per heavy atom. The van der Waals surface area contributed by atoms with Crippen molar-refractivity contribution in [3.8, 4) is 5.75 Å². The van der Waals surface area contributed by atoms with E-state index in [1.165, 1.54) is 0 Å². The maximum absolute atomic E-state index is 11.9. The maximum atomic E-state index is 11.9. The van der Waals surface area contributed by atoms with Crippen LogP contribution in [0.25, 0.3) is 0 Å². The highest BCUT2D eigenvalue weighted by Crippen LogP contribution is 2.28. The molecule has 0 unspecified atom stereocenters. The number of ether oxygens (including phenoxy) is 1. The highest BCUT2D eigenvalue weighted by molar-refractivity contribution is 5.74. The molecular weight excluding hydrogens is 280 g/mol. The molecule has 122 valence electrons. The average molecular weight is 306 g/mol. The predicted octanol–water partition coefficient (Wildman–Crippen LogP) is 2.37. The summed E-state index contributed by atoms with van der Waals surface area (Å²) >= 11 is 0.